The summed E-state index contributed by atoms with van der Waals surface area (Å²) in [7, 11) is 0. The van der Waals surface area contributed by atoms with Crippen LogP contribution in [-0.4, -0.2) is 39.7 Å². The molecule has 0 spiro atoms. The van der Waals surface area contributed by atoms with E-state index in [-0.39, 0.29) is 18.4 Å². The van der Waals surface area contributed by atoms with Gasteiger partial charge in [0.2, 0.25) is 5.91 Å². The number of carbonyl (C=O) groups is 2. The van der Waals surface area contributed by atoms with Crippen LogP contribution in [-0.2, 0) is 29.1 Å². The van der Waals surface area contributed by atoms with Gasteiger partial charge in [-0.3, -0.25) is 9.59 Å². The molecule has 28 heavy (non-hydrogen) atoms. The van der Waals surface area contributed by atoms with Crippen LogP contribution in [0.1, 0.15) is 43.8 Å². The molecule has 148 valence electrons. The summed E-state index contributed by atoms with van der Waals surface area (Å²) in [4.78, 5) is 25.8. The summed E-state index contributed by atoms with van der Waals surface area (Å²) in [6.07, 6.45) is 5.86. The Morgan fingerprint density at radius 3 is 2.89 bits per heavy atom. The molecule has 0 atom stereocenters. The van der Waals surface area contributed by atoms with Gasteiger partial charge in [0.15, 0.2) is 12.4 Å². The van der Waals surface area contributed by atoms with E-state index in [2.05, 4.69) is 20.1 Å². The van der Waals surface area contributed by atoms with Crippen molar-refractivity contribution in [2.45, 2.75) is 51.6 Å². The second-order valence-corrected chi connectivity index (χ2v) is 7.21. The normalized spacial score (nSPS) is 16.6. The largest absolute Gasteiger partial charge is 0.484 e. The number of rotatable bonds is 6. The van der Waals surface area contributed by atoms with Crippen molar-refractivity contribution in [2.24, 2.45) is 0 Å². The molecule has 0 aliphatic carbocycles. The Balaban J connectivity index is 1.29. The fourth-order valence-corrected chi connectivity index (χ4v) is 3.72. The molecule has 4 rings (SSSR count). The van der Waals surface area contributed by atoms with Gasteiger partial charge in [0.25, 0.3) is 5.91 Å². The van der Waals surface area contributed by atoms with Gasteiger partial charge in [0, 0.05) is 37.7 Å². The number of anilines is 1. The van der Waals surface area contributed by atoms with Crippen LogP contribution in [0.15, 0.2) is 24.3 Å². The van der Waals surface area contributed by atoms with Gasteiger partial charge >= 0.3 is 0 Å². The molecule has 1 N–H and O–H groups in total. The third-order valence-electron chi connectivity index (χ3n) is 5.20. The van der Waals surface area contributed by atoms with E-state index in [1.165, 1.54) is 6.42 Å². The Kier molecular flexibility index (Phi) is 5.55. The molecule has 1 aromatic heterocycles. The fourth-order valence-electron chi connectivity index (χ4n) is 3.72. The number of amides is 2. The lowest BCUT2D eigenvalue weighted by atomic mass is 10.2. The van der Waals surface area contributed by atoms with Crippen LogP contribution >= 0.6 is 0 Å². The highest BCUT2D eigenvalue weighted by atomic mass is 16.5. The Hall–Kier alpha value is -2.90. The number of ether oxygens (including phenoxy) is 1. The maximum absolute atomic E-state index is 12.2. The van der Waals surface area contributed by atoms with Crippen LogP contribution in [0.3, 0.4) is 0 Å². The van der Waals surface area contributed by atoms with E-state index in [0.717, 1.165) is 56.1 Å². The van der Waals surface area contributed by atoms with Gasteiger partial charge in [-0.25, -0.2) is 0 Å². The first-order valence-corrected chi connectivity index (χ1v) is 9.91. The number of fused-ring (bicyclic) bond motifs is 1. The van der Waals surface area contributed by atoms with E-state index < -0.39 is 0 Å². The van der Waals surface area contributed by atoms with Crippen LogP contribution in [0, 0.1) is 0 Å². The number of nitrogens with one attached hydrogen (secondary N) is 1. The second-order valence-electron chi connectivity index (χ2n) is 7.21. The standard InChI is InChI=1S/C20H25N5O3/c26-19(21-13-18-23-22-17-8-2-1-3-10-25(17)18)14-28-16-7-4-6-15(12-16)24-11-5-9-20(24)27/h4,6-7,12H,1-3,5,8-11,13-14H2,(H,21,26). The summed E-state index contributed by atoms with van der Waals surface area (Å²) in [5.74, 6) is 2.28. The minimum atomic E-state index is -0.214. The number of nitrogens with zero attached hydrogens (tertiary/aromatic N) is 4. The zero-order valence-corrected chi connectivity index (χ0v) is 15.9. The molecule has 0 radical (unpaired) electrons. The summed E-state index contributed by atoms with van der Waals surface area (Å²) >= 11 is 0. The molecule has 1 fully saturated rings. The Morgan fingerprint density at radius 1 is 1.11 bits per heavy atom. The molecule has 8 nitrogen and oxygen atoms in total. The Bertz CT molecular complexity index is 863. The van der Waals surface area contributed by atoms with Gasteiger partial charge in [0.05, 0.1) is 6.54 Å². The average Bonchev–Trinajstić information content (AvgIpc) is 3.23. The zero-order chi connectivity index (χ0) is 19.3. The van der Waals surface area contributed by atoms with Gasteiger partial charge in [-0.05, 0) is 31.4 Å². The van der Waals surface area contributed by atoms with Crippen LogP contribution in [0.25, 0.3) is 0 Å². The molecule has 2 aromatic rings. The van der Waals surface area contributed by atoms with Gasteiger partial charge in [-0.1, -0.05) is 12.5 Å². The first-order chi connectivity index (χ1) is 13.7. The quantitative estimate of drug-likeness (QED) is 0.822. The molecule has 0 unspecified atom stereocenters. The average molecular weight is 383 g/mol. The van der Waals surface area contributed by atoms with Crippen LogP contribution in [0.5, 0.6) is 5.75 Å². The predicted octanol–water partition coefficient (Wildman–Crippen LogP) is 1.83. The molecule has 0 bridgehead atoms. The minimum Gasteiger partial charge on any atom is -0.484 e. The second kappa shape index (κ2) is 8.41. The molecule has 1 saturated heterocycles. The molecule has 2 aliphatic heterocycles. The Labute approximate surface area is 163 Å². The lowest BCUT2D eigenvalue weighted by Gasteiger charge is -2.16. The zero-order valence-electron chi connectivity index (χ0n) is 15.9. The van der Waals surface area contributed by atoms with E-state index in [1.54, 1.807) is 17.0 Å². The highest BCUT2D eigenvalue weighted by Crippen LogP contribution is 2.25. The van der Waals surface area contributed by atoms with E-state index in [9.17, 15) is 9.59 Å². The van der Waals surface area contributed by atoms with E-state index in [0.29, 0.717) is 18.7 Å². The molecule has 2 amide bonds. The van der Waals surface area contributed by atoms with Crippen molar-refractivity contribution in [3.8, 4) is 5.75 Å². The number of aromatic nitrogens is 3. The minimum absolute atomic E-state index is 0.0849. The number of aryl methyl sites for hydroxylation is 1. The number of benzene rings is 1. The summed E-state index contributed by atoms with van der Waals surface area (Å²) in [6.45, 7) is 1.90. The lowest BCUT2D eigenvalue weighted by Crippen LogP contribution is -2.29. The maximum Gasteiger partial charge on any atom is 0.258 e. The van der Waals surface area contributed by atoms with Crippen LogP contribution in [0.4, 0.5) is 5.69 Å². The highest BCUT2D eigenvalue weighted by molar-refractivity contribution is 5.95. The van der Waals surface area contributed by atoms with Gasteiger partial charge in [-0.2, -0.15) is 0 Å². The van der Waals surface area contributed by atoms with Crippen molar-refractivity contribution in [3.05, 3.63) is 35.9 Å². The van der Waals surface area contributed by atoms with Crippen molar-refractivity contribution in [3.63, 3.8) is 0 Å². The molecular formula is C20H25N5O3. The maximum atomic E-state index is 12.2. The fraction of sp³-hybridized carbons (Fsp3) is 0.500. The molecule has 8 heteroatoms. The molecule has 2 aliphatic rings. The highest BCUT2D eigenvalue weighted by Gasteiger charge is 2.22. The number of carbonyl (C=O) groups excluding carboxylic acids is 2. The molecular weight excluding hydrogens is 358 g/mol. The number of hydrogen-bond acceptors (Lipinski definition) is 5. The van der Waals surface area contributed by atoms with E-state index in [1.807, 2.05) is 12.1 Å². The monoisotopic (exact) mass is 383 g/mol. The van der Waals surface area contributed by atoms with E-state index >= 15 is 0 Å². The summed E-state index contributed by atoms with van der Waals surface area (Å²) in [6, 6.07) is 7.30. The lowest BCUT2D eigenvalue weighted by molar-refractivity contribution is -0.123. The first kappa shape index (κ1) is 18.5. The molecule has 0 saturated carbocycles. The van der Waals surface area contributed by atoms with Crippen LogP contribution in [0.2, 0.25) is 0 Å². The number of hydrogen-bond donors (Lipinski definition) is 1. The third-order valence-corrected chi connectivity index (χ3v) is 5.20. The van der Waals surface area contributed by atoms with Gasteiger partial charge in [-0.15, -0.1) is 10.2 Å². The summed E-state index contributed by atoms with van der Waals surface area (Å²) < 4.78 is 7.73. The van der Waals surface area contributed by atoms with Crippen molar-refractivity contribution < 1.29 is 14.3 Å². The van der Waals surface area contributed by atoms with Crippen molar-refractivity contribution in [1.29, 1.82) is 0 Å². The smallest absolute Gasteiger partial charge is 0.258 e. The van der Waals surface area contributed by atoms with Gasteiger partial charge < -0.3 is 19.5 Å². The van der Waals surface area contributed by atoms with E-state index in [4.69, 9.17) is 4.74 Å². The molecule has 1 aromatic carbocycles. The summed E-state index contributed by atoms with van der Waals surface area (Å²) in [5.41, 5.74) is 0.812. The van der Waals surface area contributed by atoms with Gasteiger partial charge in [0.1, 0.15) is 11.6 Å². The third kappa shape index (κ3) is 4.16. The SMILES string of the molecule is O=C(COc1cccc(N2CCCC2=O)c1)NCc1nnc2n1CCCCC2. The predicted molar refractivity (Wildman–Crippen MR) is 103 cm³/mol. The van der Waals surface area contributed by atoms with Crippen molar-refractivity contribution in [1.82, 2.24) is 20.1 Å². The van der Waals surface area contributed by atoms with Crippen molar-refractivity contribution >= 4 is 17.5 Å². The topological polar surface area (TPSA) is 89.3 Å². The first-order valence-electron chi connectivity index (χ1n) is 9.91. The Morgan fingerprint density at radius 2 is 2.04 bits per heavy atom. The summed E-state index contributed by atoms with van der Waals surface area (Å²) in [5, 5.41) is 11.3. The molecule has 3 heterocycles. The van der Waals surface area contributed by atoms with Crippen molar-refractivity contribution in [2.75, 3.05) is 18.1 Å². The van der Waals surface area contributed by atoms with Crippen LogP contribution < -0.4 is 15.0 Å².